The van der Waals surface area contributed by atoms with Gasteiger partial charge in [-0.3, -0.25) is 4.31 Å². The average Bonchev–Trinajstić information content (AvgIpc) is 2.38. The fourth-order valence-corrected chi connectivity index (χ4v) is 3.03. The Bertz CT molecular complexity index is 484. The Labute approximate surface area is 95.6 Å². The zero-order valence-corrected chi connectivity index (χ0v) is 9.94. The fourth-order valence-electron chi connectivity index (χ4n) is 2.05. The molecule has 1 atom stereocenters. The molecule has 16 heavy (non-hydrogen) atoms. The highest BCUT2D eigenvalue weighted by Crippen LogP contribution is 2.33. The topological polar surface area (TPSA) is 57.6 Å². The van der Waals surface area contributed by atoms with Crippen LogP contribution in [-0.4, -0.2) is 26.3 Å². The van der Waals surface area contributed by atoms with Crippen LogP contribution in [0.4, 0.5) is 5.69 Å². The Hall–Kier alpha value is -1.07. The largest absolute Gasteiger partial charge is 0.388 e. The van der Waals surface area contributed by atoms with E-state index in [-0.39, 0.29) is 0 Å². The first-order valence-electron chi connectivity index (χ1n) is 5.25. The third-order valence-corrected chi connectivity index (χ3v) is 3.98. The zero-order chi connectivity index (χ0) is 11.8. The molecule has 0 amide bonds. The molecule has 88 valence electrons. The lowest BCUT2D eigenvalue weighted by atomic mass is 10.1. The minimum atomic E-state index is -3.26. The van der Waals surface area contributed by atoms with Gasteiger partial charge in [-0.15, -0.1) is 0 Å². The van der Waals surface area contributed by atoms with Gasteiger partial charge >= 0.3 is 0 Å². The number of para-hydroxylation sites is 1. The van der Waals surface area contributed by atoms with Crippen LogP contribution in [0.15, 0.2) is 24.3 Å². The normalized spacial score (nSPS) is 21.4. The van der Waals surface area contributed by atoms with Crippen LogP contribution in [0, 0.1) is 0 Å². The molecule has 2 rings (SSSR count). The van der Waals surface area contributed by atoms with E-state index in [1.165, 1.54) is 10.6 Å². The van der Waals surface area contributed by atoms with Gasteiger partial charge in [0.1, 0.15) is 0 Å². The van der Waals surface area contributed by atoms with E-state index >= 15 is 0 Å². The number of nitrogens with zero attached hydrogens (tertiary/aromatic N) is 1. The highest BCUT2D eigenvalue weighted by molar-refractivity contribution is 7.92. The summed E-state index contributed by atoms with van der Waals surface area (Å²) in [6.45, 7) is 0.437. The first kappa shape index (κ1) is 11.4. The van der Waals surface area contributed by atoms with Gasteiger partial charge in [-0.1, -0.05) is 18.2 Å². The van der Waals surface area contributed by atoms with E-state index in [4.69, 9.17) is 0 Å². The zero-order valence-electron chi connectivity index (χ0n) is 9.13. The van der Waals surface area contributed by atoms with E-state index in [1.54, 1.807) is 18.2 Å². The van der Waals surface area contributed by atoms with Gasteiger partial charge in [-0.05, 0) is 18.9 Å². The molecule has 0 bridgehead atoms. The number of hydrogen-bond donors (Lipinski definition) is 1. The lowest BCUT2D eigenvalue weighted by Gasteiger charge is -2.22. The van der Waals surface area contributed by atoms with Crippen molar-refractivity contribution in [2.24, 2.45) is 0 Å². The van der Waals surface area contributed by atoms with Crippen LogP contribution in [0.1, 0.15) is 24.5 Å². The standard InChI is InChI=1S/C11H15NO3S/c1-16(14,15)12-8-4-7-11(13)9-5-2-3-6-10(9)12/h2-3,5-6,11,13H,4,7-8H2,1H3/t11-/m1/s1. The molecule has 1 aromatic rings. The molecule has 1 aliphatic rings. The summed E-state index contributed by atoms with van der Waals surface area (Å²) in [6, 6.07) is 7.12. The van der Waals surface area contributed by atoms with Crippen molar-refractivity contribution in [2.45, 2.75) is 18.9 Å². The number of aliphatic hydroxyl groups is 1. The molecule has 1 aliphatic heterocycles. The molecule has 1 heterocycles. The number of benzene rings is 1. The number of aliphatic hydroxyl groups excluding tert-OH is 1. The van der Waals surface area contributed by atoms with Crippen LogP contribution in [-0.2, 0) is 10.0 Å². The van der Waals surface area contributed by atoms with E-state index in [2.05, 4.69) is 0 Å². The third kappa shape index (κ3) is 2.05. The third-order valence-electron chi connectivity index (χ3n) is 2.80. The van der Waals surface area contributed by atoms with Crippen molar-refractivity contribution in [3.63, 3.8) is 0 Å². The minimum Gasteiger partial charge on any atom is -0.388 e. The van der Waals surface area contributed by atoms with Crippen molar-refractivity contribution in [3.8, 4) is 0 Å². The van der Waals surface area contributed by atoms with Gasteiger partial charge in [0.05, 0.1) is 18.0 Å². The van der Waals surface area contributed by atoms with Gasteiger partial charge < -0.3 is 5.11 Å². The van der Waals surface area contributed by atoms with Crippen LogP contribution in [0.2, 0.25) is 0 Å². The van der Waals surface area contributed by atoms with Crippen molar-refractivity contribution >= 4 is 15.7 Å². The maximum atomic E-state index is 11.7. The van der Waals surface area contributed by atoms with Gasteiger partial charge in [-0.25, -0.2) is 8.42 Å². The molecule has 0 saturated heterocycles. The second kappa shape index (κ2) is 4.07. The second-order valence-corrected chi connectivity index (χ2v) is 5.96. The molecule has 0 aromatic heterocycles. The first-order chi connectivity index (χ1) is 7.50. The lowest BCUT2D eigenvalue weighted by Crippen LogP contribution is -2.30. The maximum Gasteiger partial charge on any atom is 0.232 e. The molecule has 5 heteroatoms. The van der Waals surface area contributed by atoms with Crippen molar-refractivity contribution in [3.05, 3.63) is 29.8 Å². The first-order valence-corrected chi connectivity index (χ1v) is 7.09. The molecule has 0 spiro atoms. The van der Waals surface area contributed by atoms with Crippen LogP contribution < -0.4 is 4.31 Å². The number of rotatable bonds is 1. The summed E-state index contributed by atoms with van der Waals surface area (Å²) in [5.41, 5.74) is 1.31. The Morgan fingerprint density at radius 3 is 2.75 bits per heavy atom. The maximum absolute atomic E-state index is 11.7. The minimum absolute atomic E-state index is 0.437. The summed E-state index contributed by atoms with van der Waals surface area (Å²) in [5.74, 6) is 0. The Balaban J connectivity index is 2.56. The highest BCUT2D eigenvalue weighted by atomic mass is 32.2. The van der Waals surface area contributed by atoms with E-state index in [1.807, 2.05) is 6.07 Å². The number of fused-ring (bicyclic) bond motifs is 1. The summed E-state index contributed by atoms with van der Waals surface area (Å²) < 4.78 is 24.7. The number of sulfonamides is 1. The van der Waals surface area contributed by atoms with Gasteiger partial charge in [0, 0.05) is 12.1 Å². The fraction of sp³-hybridized carbons (Fsp3) is 0.455. The van der Waals surface area contributed by atoms with Crippen LogP contribution in [0.3, 0.4) is 0 Å². The average molecular weight is 241 g/mol. The molecule has 0 radical (unpaired) electrons. The summed E-state index contributed by atoms with van der Waals surface area (Å²) in [4.78, 5) is 0. The van der Waals surface area contributed by atoms with Crippen molar-refractivity contribution in [1.82, 2.24) is 0 Å². The summed E-state index contributed by atoms with van der Waals surface area (Å²) in [6.07, 6.45) is 1.90. The molecule has 0 fully saturated rings. The van der Waals surface area contributed by atoms with Gasteiger partial charge in [0.25, 0.3) is 0 Å². The van der Waals surface area contributed by atoms with E-state index in [0.717, 1.165) is 0 Å². The van der Waals surface area contributed by atoms with Gasteiger partial charge in [0.2, 0.25) is 10.0 Å². The second-order valence-electron chi connectivity index (χ2n) is 4.05. The summed E-state index contributed by atoms with van der Waals surface area (Å²) in [5, 5.41) is 9.90. The van der Waals surface area contributed by atoms with Crippen molar-refractivity contribution in [2.75, 3.05) is 17.1 Å². The Kier molecular flexibility index (Phi) is 2.90. The number of hydrogen-bond acceptors (Lipinski definition) is 3. The Morgan fingerprint density at radius 2 is 2.06 bits per heavy atom. The number of anilines is 1. The van der Waals surface area contributed by atoms with E-state index < -0.39 is 16.1 Å². The van der Waals surface area contributed by atoms with Crippen LogP contribution >= 0.6 is 0 Å². The SMILES string of the molecule is CS(=O)(=O)N1CCC[C@@H](O)c2ccccc21. The lowest BCUT2D eigenvalue weighted by molar-refractivity contribution is 0.168. The highest BCUT2D eigenvalue weighted by Gasteiger charge is 2.25. The van der Waals surface area contributed by atoms with E-state index in [0.29, 0.717) is 30.6 Å². The van der Waals surface area contributed by atoms with Crippen LogP contribution in [0.25, 0.3) is 0 Å². The molecule has 0 saturated carbocycles. The Morgan fingerprint density at radius 1 is 1.38 bits per heavy atom. The molecule has 0 unspecified atom stereocenters. The van der Waals surface area contributed by atoms with Crippen molar-refractivity contribution in [1.29, 1.82) is 0 Å². The van der Waals surface area contributed by atoms with Gasteiger partial charge in [-0.2, -0.15) is 0 Å². The monoisotopic (exact) mass is 241 g/mol. The molecule has 1 aromatic carbocycles. The molecule has 1 N–H and O–H groups in total. The molecule has 0 aliphatic carbocycles. The summed E-state index contributed by atoms with van der Waals surface area (Å²) >= 11 is 0. The molecule has 4 nitrogen and oxygen atoms in total. The predicted molar refractivity (Wildman–Crippen MR) is 62.8 cm³/mol. The predicted octanol–water partition coefficient (Wildman–Crippen LogP) is 1.28. The quantitative estimate of drug-likeness (QED) is 0.805. The van der Waals surface area contributed by atoms with Crippen molar-refractivity contribution < 1.29 is 13.5 Å². The van der Waals surface area contributed by atoms with E-state index in [9.17, 15) is 13.5 Å². The van der Waals surface area contributed by atoms with Gasteiger partial charge in [0.15, 0.2) is 0 Å². The van der Waals surface area contributed by atoms with Crippen LogP contribution in [0.5, 0.6) is 0 Å². The molecular weight excluding hydrogens is 226 g/mol. The molecular formula is C11H15NO3S. The summed E-state index contributed by atoms with van der Waals surface area (Å²) in [7, 11) is -3.26. The smallest absolute Gasteiger partial charge is 0.232 e.